The molecule has 5 nitrogen and oxygen atoms in total. The first kappa shape index (κ1) is 12.7. The van der Waals surface area contributed by atoms with Gasteiger partial charge in [0.2, 0.25) is 11.7 Å². The number of nitrogens with two attached hydrogens (primary N) is 1. The van der Waals surface area contributed by atoms with Gasteiger partial charge >= 0.3 is 0 Å². The Hall–Kier alpha value is -1.79. The van der Waals surface area contributed by atoms with Crippen LogP contribution in [0.2, 0.25) is 0 Å². The van der Waals surface area contributed by atoms with E-state index in [2.05, 4.69) is 10.1 Å². The Labute approximate surface area is 104 Å². The van der Waals surface area contributed by atoms with Crippen molar-refractivity contribution in [3.63, 3.8) is 0 Å². The lowest BCUT2D eigenvalue weighted by Gasteiger charge is -2.08. The molecule has 0 radical (unpaired) electrons. The molecule has 1 unspecified atom stereocenters. The highest BCUT2D eigenvalue weighted by Gasteiger charge is 2.13. The number of methoxy groups -OCH3 is 1. The molecule has 1 atom stereocenters. The fraction of sp³-hybridized carbons (Fsp3) is 0.333. The Morgan fingerprint density at radius 3 is 3.00 bits per heavy atom. The summed E-state index contributed by atoms with van der Waals surface area (Å²) < 4.78 is 23.3. The number of benzene rings is 1. The Kier molecular flexibility index (Phi) is 4.01. The lowest BCUT2D eigenvalue weighted by Crippen LogP contribution is -2.24. The first-order chi connectivity index (χ1) is 8.72. The summed E-state index contributed by atoms with van der Waals surface area (Å²) in [5.74, 6) is 0.443. The van der Waals surface area contributed by atoms with Crippen LogP contribution in [-0.4, -0.2) is 29.9 Å². The number of ether oxygens (including phenoxy) is 1. The standard InChI is InChI=1S/C12H14FN3O2/c1-17-10(7-14)6-11-15-12(16-18-11)8-3-2-4-9(13)5-8/h2-5,10H,6-7,14H2,1H3. The molecule has 2 rings (SSSR count). The van der Waals surface area contributed by atoms with Crippen molar-refractivity contribution in [3.8, 4) is 11.4 Å². The van der Waals surface area contributed by atoms with Gasteiger partial charge < -0.3 is 15.0 Å². The molecule has 18 heavy (non-hydrogen) atoms. The number of aromatic nitrogens is 2. The van der Waals surface area contributed by atoms with E-state index in [-0.39, 0.29) is 11.9 Å². The summed E-state index contributed by atoms with van der Waals surface area (Å²) in [6.45, 7) is 0.369. The Balaban J connectivity index is 2.15. The van der Waals surface area contributed by atoms with Crippen LogP contribution in [0.5, 0.6) is 0 Å². The molecular weight excluding hydrogens is 237 g/mol. The molecule has 0 aliphatic rings. The van der Waals surface area contributed by atoms with Crippen LogP contribution in [-0.2, 0) is 11.2 Å². The molecule has 96 valence electrons. The van der Waals surface area contributed by atoms with Crippen molar-refractivity contribution in [3.05, 3.63) is 36.0 Å². The first-order valence-electron chi connectivity index (χ1n) is 5.54. The van der Waals surface area contributed by atoms with E-state index in [1.165, 1.54) is 12.1 Å². The van der Waals surface area contributed by atoms with E-state index in [4.69, 9.17) is 15.0 Å². The Bertz CT molecular complexity index is 512. The van der Waals surface area contributed by atoms with Crippen LogP contribution >= 0.6 is 0 Å². The van der Waals surface area contributed by atoms with Crippen LogP contribution in [0, 0.1) is 5.82 Å². The minimum absolute atomic E-state index is 0.161. The second kappa shape index (κ2) is 5.70. The average Bonchev–Trinajstić information content (AvgIpc) is 2.84. The van der Waals surface area contributed by atoms with E-state index < -0.39 is 0 Å². The lowest BCUT2D eigenvalue weighted by atomic mass is 10.2. The van der Waals surface area contributed by atoms with Crippen LogP contribution in [0.1, 0.15) is 5.89 Å². The molecular formula is C12H14FN3O2. The Morgan fingerprint density at radius 2 is 2.33 bits per heavy atom. The fourth-order valence-electron chi connectivity index (χ4n) is 1.54. The summed E-state index contributed by atoms with van der Waals surface area (Å²) in [7, 11) is 1.57. The normalized spacial score (nSPS) is 12.6. The van der Waals surface area contributed by atoms with Gasteiger partial charge in [-0.2, -0.15) is 4.98 Å². The second-order valence-electron chi connectivity index (χ2n) is 3.82. The van der Waals surface area contributed by atoms with Crippen molar-refractivity contribution in [1.29, 1.82) is 0 Å². The fourth-order valence-corrected chi connectivity index (χ4v) is 1.54. The number of hydrogen-bond donors (Lipinski definition) is 1. The number of hydrogen-bond acceptors (Lipinski definition) is 5. The van der Waals surface area contributed by atoms with Gasteiger partial charge in [-0.15, -0.1) is 0 Å². The molecule has 0 saturated heterocycles. The van der Waals surface area contributed by atoms with Crippen molar-refractivity contribution in [2.24, 2.45) is 5.73 Å². The molecule has 0 aliphatic heterocycles. The maximum atomic E-state index is 13.1. The third kappa shape index (κ3) is 2.91. The van der Waals surface area contributed by atoms with Gasteiger partial charge in [-0.3, -0.25) is 0 Å². The molecule has 2 N–H and O–H groups in total. The first-order valence-corrected chi connectivity index (χ1v) is 5.54. The molecule has 0 saturated carbocycles. The van der Waals surface area contributed by atoms with Crippen LogP contribution in [0.4, 0.5) is 4.39 Å². The molecule has 6 heteroatoms. The summed E-state index contributed by atoms with van der Waals surface area (Å²) in [6, 6.07) is 6.03. The molecule has 1 aromatic heterocycles. The van der Waals surface area contributed by atoms with Gasteiger partial charge in [0.1, 0.15) is 5.82 Å². The van der Waals surface area contributed by atoms with Gasteiger partial charge in [0, 0.05) is 19.2 Å². The van der Waals surface area contributed by atoms with E-state index in [0.29, 0.717) is 30.2 Å². The van der Waals surface area contributed by atoms with E-state index in [1.807, 2.05) is 0 Å². The van der Waals surface area contributed by atoms with Crippen molar-refractivity contribution < 1.29 is 13.7 Å². The Morgan fingerprint density at radius 1 is 1.50 bits per heavy atom. The van der Waals surface area contributed by atoms with E-state index in [1.54, 1.807) is 19.2 Å². The van der Waals surface area contributed by atoms with E-state index >= 15 is 0 Å². The van der Waals surface area contributed by atoms with Crippen molar-refractivity contribution in [2.45, 2.75) is 12.5 Å². The zero-order valence-electron chi connectivity index (χ0n) is 9.97. The van der Waals surface area contributed by atoms with Gasteiger partial charge in [0.15, 0.2) is 0 Å². The van der Waals surface area contributed by atoms with Crippen LogP contribution in [0.25, 0.3) is 11.4 Å². The molecule has 0 aliphatic carbocycles. The smallest absolute Gasteiger partial charge is 0.229 e. The number of rotatable bonds is 5. The highest BCUT2D eigenvalue weighted by Crippen LogP contribution is 2.17. The van der Waals surface area contributed by atoms with Gasteiger partial charge in [-0.05, 0) is 12.1 Å². The van der Waals surface area contributed by atoms with Gasteiger partial charge in [-0.25, -0.2) is 4.39 Å². The molecule has 2 aromatic rings. The van der Waals surface area contributed by atoms with E-state index in [9.17, 15) is 4.39 Å². The maximum Gasteiger partial charge on any atom is 0.229 e. The summed E-state index contributed by atoms with van der Waals surface area (Å²) >= 11 is 0. The van der Waals surface area contributed by atoms with E-state index in [0.717, 1.165) is 0 Å². The molecule has 0 amide bonds. The molecule has 0 fully saturated rings. The molecule has 1 heterocycles. The SMILES string of the molecule is COC(CN)Cc1nc(-c2cccc(F)c2)no1. The van der Waals surface area contributed by atoms with Gasteiger partial charge in [0.25, 0.3) is 0 Å². The van der Waals surface area contributed by atoms with Crippen LogP contribution < -0.4 is 5.73 Å². The lowest BCUT2D eigenvalue weighted by molar-refractivity contribution is 0.102. The topological polar surface area (TPSA) is 74.2 Å². The van der Waals surface area contributed by atoms with Crippen molar-refractivity contribution in [2.75, 3.05) is 13.7 Å². The number of halogens is 1. The minimum atomic E-state index is -0.337. The molecule has 0 spiro atoms. The predicted octanol–water partition coefficient (Wildman–Crippen LogP) is 1.39. The highest BCUT2D eigenvalue weighted by atomic mass is 19.1. The highest BCUT2D eigenvalue weighted by molar-refractivity contribution is 5.53. The second-order valence-corrected chi connectivity index (χ2v) is 3.82. The zero-order chi connectivity index (χ0) is 13.0. The zero-order valence-corrected chi connectivity index (χ0v) is 9.97. The monoisotopic (exact) mass is 251 g/mol. The van der Waals surface area contributed by atoms with Gasteiger partial charge in [0.05, 0.1) is 12.5 Å². The van der Waals surface area contributed by atoms with Crippen LogP contribution in [0.3, 0.4) is 0 Å². The summed E-state index contributed by atoms with van der Waals surface area (Å²) in [5, 5.41) is 3.80. The summed E-state index contributed by atoms with van der Waals surface area (Å²) in [6.07, 6.45) is 0.279. The molecule has 0 bridgehead atoms. The average molecular weight is 251 g/mol. The maximum absolute atomic E-state index is 13.1. The number of nitrogens with zero attached hydrogens (tertiary/aromatic N) is 2. The summed E-state index contributed by atoms with van der Waals surface area (Å²) in [5.41, 5.74) is 6.08. The molecule has 1 aromatic carbocycles. The quantitative estimate of drug-likeness (QED) is 0.869. The van der Waals surface area contributed by atoms with Crippen molar-refractivity contribution >= 4 is 0 Å². The largest absolute Gasteiger partial charge is 0.380 e. The summed E-state index contributed by atoms with van der Waals surface area (Å²) in [4.78, 5) is 4.18. The minimum Gasteiger partial charge on any atom is -0.380 e. The third-order valence-electron chi connectivity index (χ3n) is 2.55. The van der Waals surface area contributed by atoms with Crippen molar-refractivity contribution in [1.82, 2.24) is 10.1 Å². The third-order valence-corrected chi connectivity index (χ3v) is 2.55. The van der Waals surface area contributed by atoms with Gasteiger partial charge in [-0.1, -0.05) is 17.3 Å². The predicted molar refractivity (Wildman–Crippen MR) is 63.2 cm³/mol. The van der Waals surface area contributed by atoms with Crippen LogP contribution in [0.15, 0.2) is 28.8 Å².